The zero-order chi connectivity index (χ0) is 23.6. The minimum absolute atomic E-state index is 0.188. The van der Waals surface area contributed by atoms with Crippen molar-refractivity contribution in [3.05, 3.63) is 53.1 Å². The van der Waals surface area contributed by atoms with Crippen molar-refractivity contribution in [2.45, 2.75) is 78.2 Å². The average Bonchev–Trinajstić information content (AvgIpc) is 2.72. The lowest BCUT2D eigenvalue weighted by Crippen LogP contribution is -2.51. The molecule has 0 aliphatic carbocycles. The monoisotopic (exact) mass is 436 g/mol. The molecule has 0 atom stereocenters. The summed E-state index contributed by atoms with van der Waals surface area (Å²) in [6.45, 7) is 12.6. The van der Waals surface area contributed by atoms with Gasteiger partial charge in [0.2, 0.25) is 11.8 Å². The van der Waals surface area contributed by atoms with Crippen LogP contribution in [0.1, 0.15) is 82.9 Å². The Morgan fingerprint density at radius 2 is 1.69 bits per heavy atom. The lowest BCUT2D eigenvalue weighted by molar-refractivity contribution is -0.125. The molecule has 5 nitrogen and oxygen atoms in total. The second kappa shape index (κ2) is 9.35. The molecule has 172 valence electrons. The molecule has 0 aromatic heterocycles. The fourth-order valence-electron chi connectivity index (χ4n) is 4.55. The van der Waals surface area contributed by atoms with Crippen LogP contribution in [0.5, 0.6) is 5.75 Å². The molecular weight excluding hydrogens is 400 g/mol. The predicted molar refractivity (Wildman–Crippen MR) is 131 cm³/mol. The standard InChI is InChI=1S/C27H36N2O3/c1-17(2)21-9-8-10-22(18(3)4)26(21)28-24(30)16-25(31)29-23-12-11-20(32-7)15-19(23)13-14-27(29,5)6/h8-12,15,17-18H,13-14,16H2,1-7H3,(H,28,30). The zero-order valence-corrected chi connectivity index (χ0v) is 20.4. The molecular formula is C27H36N2O3. The van der Waals surface area contributed by atoms with Crippen LogP contribution in [0, 0.1) is 0 Å². The first-order valence-electron chi connectivity index (χ1n) is 11.5. The van der Waals surface area contributed by atoms with E-state index in [4.69, 9.17) is 4.74 Å². The molecule has 3 rings (SSSR count). The van der Waals surface area contributed by atoms with Gasteiger partial charge in [0.1, 0.15) is 12.2 Å². The summed E-state index contributed by atoms with van der Waals surface area (Å²) < 4.78 is 5.35. The molecule has 1 N–H and O–H groups in total. The molecule has 0 unspecified atom stereocenters. The number of rotatable bonds is 6. The highest BCUT2D eigenvalue weighted by atomic mass is 16.5. The number of aryl methyl sites for hydroxylation is 1. The van der Waals surface area contributed by atoms with Crippen LogP contribution >= 0.6 is 0 Å². The van der Waals surface area contributed by atoms with Gasteiger partial charge in [-0.2, -0.15) is 0 Å². The fraction of sp³-hybridized carbons (Fsp3) is 0.481. The third-order valence-electron chi connectivity index (χ3n) is 6.34. The Kier molecular flexibility index (Phi) is 6.97. The van der Waals surface area contributed by atoms with Crippen molar-refractivity contribution in [3.8, 4) is 5.75 Å². The van der Waals surface area contributed by atoms with E-state index in [9.17, 15) is 9.59 Å². The number of amides is 2. The fourth-order valence-corrected chi connectivity index (χ4v) is 4.55. The minimum atomic E-state index is -0.363. The van der Waals surface area contributed by atoms with Gasteiger partial charge in [0.25, 0.3) is 0 Å². The van der Waals surface area contributed by atoms with Gasteiger partial charge < -0.3 is 15.0 Å². The Morgan fingerprint density at radius 3 is 2.25 bits per heavy atom. The predicted octanol–water partition coefficient (Wildman–Crippen LogP) is 6.03. The maximum absolute atomic E-state index is 13.4. The highest BCUT2D eigenvalue weighted by Gasteiger charge is 2.37. The molecule has 2 amide bonds. The summed E-state index contributed by atoms with van der Waals surface area (Å²) in [5.74, 6) is 0.846. The number of fused-ring (bicyclic) bond motifs is 1. The zero-order valence-electron chi connectivity index (χ0n) is 20.4. The first kappa shape index (κ1) is 23.8. The normalized spacial score (nSPS) is 15.0. The van der Waals surface area contributed by atoms with Gasteiger partial charge in [-0.1, -0.05) is 45.9 Å². The van der Waals surface area contributed by atoms with Crippen molar-refractivity contribution >= 4 is 23.2 Å². The first-order chi connectivity index (χ1) is 15.0. The van der Waals surface area contributed by atoms with Gasteiger partial charge >= 0.3 is 0 Å². The summed E-state index contributed by atoms with van der Waals surface area (Å²) in [6, 6.07) is 11.9. The molecule has 2 aromatic carbocycles. The molecule has 0 saturated heterocycles. The van der Waals surface area contributed by atoms with Crippen LogP contribution in [0.2, 0.25) is 0 Å². The molecule has 0 spiro atoms. The number of hydrogen-bond acceptors (Lipinski definition) is 3. The van der Waals surface area contributed by atoms with E-state index < -0.39 is 0 Å². The molecule has 1 heterocycles. The first-order valence-corrected chi connectivity index (χ1v) is 11.5. The molecule has 0 fully saturated rings. The van der Waals surface area contributed by atoms with Crippen LogP contribution in [0.15, 0.2) is 36.4 Å². The molecule has 32 heavy (non-hydrogen) atoms. The number of nitrogens with zero attached hydrogens (tertiary/aromatic N) is 1. The largest absolute Gasteiger partial charge is 0.497 e. The summed E-state index contributed by atoms with van der Waals surface area (Å²) in [5, 5.41) is 3.07. The Labute approximate surface area is 192 Å². The maximum Gasteiger partial charge on any atom is 0.236 e. The van der Waals surface area contributed by atoms with E-state index in [-0.39, 0.29) is 35.6 Å². The van der Waals surface area contributed by atoms with Crippen LogP contribution in [0.3, 0.4) is 0 Å². The Balaban J connectivity index is 1.86. The minimum Gasteiger partial charge on any atom is -0.497 e. The quantitative estimate of drug-likeness (QED) is 0.563. The Hall–Kier alpha value is -2.82. The molecule has 0 saturated carbocycles. The lowest BCUT2D eigenvalue weighted by Gasteiger charge is -2.43. The highest BCUT2D eigenvalue weighted by molar-refractivity contribution is 6.10. The third-order valence-corrected chi connectivity index (χ3v) is 6.34. The highest BCUT2D eigenvalue weighted by Crippen LogP contribution is 2.39. The molecule has 0 bridgehead atoms. The summed E-state index contributed by atoms with van der Waals surface area (Å²) >= 11 is 0. The van der Waals surface area contributed by atoms with Crippen molar-refractivity contribution < 1.29 is 14.3 Å². The second-order valence-corrected chi connectivity index (χ2v) is 9.88. The van der Waals surface area contributed by atoms with E-state index in [1.807, 2.05) is 36.4 Å². The number of ether oxygens (including phenoxy) is 1. The van der Waals surface area contributed by atoms with Crippen molar-refractivity contribution in [1.29, 1.82) is 0 Å². The van der Waals surface area contributed by atoms with Crippen molar-refractivity contribution in [3.63, 3.8) is 0 Å². The molecule has 1 aliphatic heterocycles. The summed E-state index contributed by atoms with van der Waals surface area (Å²) in [6.07, 6.45) is 1.50. The van der Waals surface area contributed by atoms with Crippen LogP contribution in [-0.4, -0.2) is 24.5 Å². The van der Waals surface area contributed by atoms with Crippen molar-refractivity contribution in [1.82, 2.24) is 0 Å². The van der Waals surface area contributed by atoms with Gasteiger partial charge in [-0.05, 0) is 73.4 Å². The maximum atomic E-state index is 13.4. The molecule has 2 aromatic rings. The van der Waals surface area contributed by atoms with E-state index in [0.717, 1.165) is 46.7 Å². The molecule has 0 radical (unpaired) electrons. The van der Waals surface area contributed by atoms with Crippen LogP contribution in [-0.2, 0) is 16.0 Å². The van der Waals surface area contributed by atoms with Gasteiger partial charge in [0, 0.05) is 16.9 Å². The third kappa shape index (κ3) is 4.82. The number of methoxy groups -OCH3 is 1. The molecule has 5 heteroatoms. The number of para-hydroxylation sites is 1. The smallest absolute Gasteiger partial charge is 0.236 e. The molecule has 1 aliphatic rings. The van der Waals surface area contributed by atoms with E-state index >= 15 is 0 Å². The van der Waals surface area contributed by atoms with Gasteiger partial charge in [0.05, 0.1) is 7.11 Å². The summed E-state index contributed by atoms with van der Waals surface area (Å²) in [5.41, 5.74) is 4.60. The number of anilines is 2. The van der Waals surface area contributed by atoms with E-state index in [0.29, 0.717) is 0 Å². The number of hydrogen-bond donors (Lipinski definition) is 1. The Morgan fingerprint density at radius 1 is 1.06 bits per heavy atom. The van der Waals surface area contributed by atoms with Crippen LogP contribution in [0.25, 0.3) is 0 Å². The van der Waals surface area contributed by atoms with Crippen molar-refractivity contribution in [2.75, 3.05) is 17.3 Å². The second-order valence-electron chi connectivity index (χ2n) is 9.88. The topological polar surface area (TPSA) is 58.6 Å². The van der Waals surface area contributed by atoms with Gasteiger partial charge in [-0.15, -0.1) is 0 Å². The number of benzene rings is 2. The van der Waals surface area contributed by atoms with Crippen LogP contribution in [0.4, 0.5) is 11.4 Å². The Bertz CT molecular complexity index is 982. The van der Waals surface area contributed by atoms with Gasteiger partial charge in [-0.3, -0.25) is 9.59 Å². The number of carbonyl (C=O) groups excluding carboxylic acids is 2. The van der Waals surface area contributed by atoms with Crippen molar-refractivity contribution in [2.24, 2.45) is 0 Å². The van der Waals surface area contributed by atoms with Crippen LogP contribution < -0.4 is 15.0 Å². The lowest BCUT2D eigenvalue weighted by atomic mass is 9.86. The summed E-state index contributed by atoms with van der Waals surface area (Å²) in [7, 11) is 1.64. The SMILES string of the molecule is COc1ccc2c(c1)CCC(C)(C)N2C(=O)CC(=O)Nc1c(C(C)C)cccc1C(C)C. The number of carbonyl (C=O) groups is 2. The van der Waals surface area contributed by atoms with Gasteiger partial charge in [-0.25, -0.2) is 0 Å². The van der Waals surface area contributed by atoms with E-state index in [1.165, 1.54) is 0 Å². The van der Waals surface area contributed by atoms with Gasteiger partial charge in [0.15, 0.2) is 0 Å². The van der Waals surface area contributed by atoms with E-state index in [1.54, 1.807) is 12.0 Å². The van der Waals surface area contributed by atoms with E-state index in [2.05, 4.69) is 46.9 Å². The summed E-state index contributed by atoms with van der Waals surface area (Å²) in [4.78, 5) is 28.3. The average molecular weight is 437 g/mol. The number of nitrogens with one attached hydrogen (secondary N) is 1.